The summed E-state index contributed by atoms with van der Waals surface area (Å²) in [6, 6.07) is 13.6. The molecule has 1 heterocycles. The van der Waals surface area contributed by atoms with E-state index in [9.17, 15) is 18.4 Å². The van der Waals surface area contributed by atoms with Crippen LogP contribution in [0.3, 0.4) is 0 Å². The van der Waals surface area contributed by atoms with Crippen LogP contribution in [0.25, 0.3) is 11.1 Å². The SMILES string of the molecule is O=C(Nc1c(F)cccc1F)c1c(-c2ccccc2)cc[nH]c1=O. The lowest BCUT2D eigenvalue weighted by molar-refractivity contribution is 0.102. The maximum atomic E-state index is 13.7. The van der Waals surface area contributed by atoms with E-state index in [1.807, 2.05) is 0 Å². The molecule has 3 aromatic rings. The Morgan fingerprint density at radius 1 is 0.917 bits per heavy atom. The molecule has 1 amide bonds. The van der Waals surface area contributed by atoms with E-state index < -0.39 is 28.8 Å². The summed E-state index contributed by atoms with van der Waals surface area (Å²) in [6.45, 7) is 0. The number of H-pyrrole nitrogens is 1. The molecule has 0 aliphatic rings. The second-order valence-corrected chi connectivity index (χ2v) is 5.01. The number of nitrogens with one attached hydrogen (secondary N) is 2. The molecular formula is C18H12F2N2O2. The summed E-state index contributed by atoms with van der Waals surface area (Å²) in [5, 5.41) is 2.14. The van der Waals surface area contributed by atoms with Crippen molar-refractivity contribution in [2.45, 2.75) is 0 Å². The minimum absolute atomic E-state index is 0.216. The van der Waals surface area contributed by atoms with Gasteiger partial charge in [-0.2, -0.15) is 0 Å². The number of carbonyl (C=O) groups is 1. The van der Waals surface area contributed by atoms with Crippen molar-refractivity contribution in [2.24, 2.45) is 0 Å². The molecule has 0 fully saturated rings. The van der Waals surface area contributed by atoms with E-state index in [-0.39, 0.29) is 5.56 Å². The van der Waals surface area contributed by atoms with Gasteiger partial charge in [-0.05, 0) is 23.8 Å². The predicted molar refractivity (Wildman–Crippen MR) is 86.8 cm³/mol. The largest absolute Gasteiger partial charge is 0.328 e. The highest BCUT2D eigenvalue weighted by Gasteiger charge is 2.20. The Kier molecular flexibility index (Phi) is 4.20. The topological polar surface area (TPSA) is 62.0 Å². The molecule has 6 heteroatoms. The average Bonchev–Trinajstić information content (AvgIpc) is 2.58. The molecule has 1 aromatic heterocycles. The van der Waals surface area contributed by atoms with Crippen LogP contribution in [0.5, 0.6) is 0 Å². The third-order valence-electron chi connectivity index (χ3n) is 3.47. The van der Waals surface area contributed by atoms with Gasteiger partial charge in [0.15, 0.2) is 0 Å². The highest BCUT2D eigenvalue weighted by atomic mass is 19.1. The first-order valence-electron chi connectivity index (χ1n) is 7.10. The number of pyridine rings is 1. The standard InChI is InChI=1S/C18H12F2N2O2/c19-13-7-4-8-14(20)16(13)22-18(24)15-12(9-10-21-17(15)23)11-5-2-1-3-6-11/h1-10H,(H,21,23)(H,22,24). The molecule has 0 spiro atoms. The molecule has 0 aliphatic carbocycles. The Bertz CT molecular complexity index is 932. The van der Waals surface area contributed by atoms with E-state index in [1.165, 1.54) is 12.3 Å². The smallest absolute Gasteiger partial charge is 0.262 e. The van der Waals surface area contributed by atoms with Gasteiger partial charge in [0, 0.05) is 11.8 Å². The van der Waals surface area contributed by atoms with Crippen LogP contribution in [0.2, 0.25) is 0 Å². The van der Waals surface area contributed by atoms with Gasteiger partial charge in [-0.3, -0.25) is 9.59 Å². The van der Waals surface area contributed by atoms with Crippen LogP contribution >= 0.6 is 0 Å². The molecule has 24 heavy (non-hydrogen) atoms. The normalized spacial score (nSPS) is 10.4. The second kappa shape index (κ2) is 6.45. The van der Waals surface area contributed by atoms with Gasteiger partial charge in [0.25, 0.3) is 11.5 Å². The van der Waals surface area contributed by atoms with E-state index in [2.05, 4.69) is 10.3 Å². The van der Waals surface area contributed by atoms with Crippen molar-refractivity contribution in [1.82, 2.24) is 4.98 Å². The van der Waals surface area contributed by atoms with E-state index in [4.69, 9.17) is 0 Å². The fourth-order valence-corrected chi connectivity index (χ4v) is 2.36. The van der Waals surface area contributed by atoms with Crippen molar-refractivity contribution in [1.29, 1.82) is 0 Å². The van der Waals surface area contributed by atoms with E-state index in [1.54, 1.807) is 36.4 Å². The molecule has 0 atom stereocenters. The molecule has 0 radical (unpaired) electrons. The van der Waals surface area contributed by atoms with Crippen LogP contribution in [0.4, 0.5) is 14.5 Å². The fourth-order valence-electron chi connectivity index (χ4n) is 2.36. The van der Waals surface area contributed by atoms with Crippen molar-refractivity contribution < 1.29 is 13.6 Å². The number of amides is 1. The summed E-state index contributed by atoms with van der Waals surface area (Å²) in [7, 11) is 0. The van der Waals surface area contributed by atoms with Gasteiger partial charge in [0.05, 0.1) is 0 Å². The summed E-state index contributed by atoms with van der Waals surface area (Å²) in [4.78, 5) is 27.0. The summed E-state index contributed by atoms with van der Waals surface area (Å²) in [6.07, 6.45) is 1.41. The van der Waals surface area contributed by atoms with E-state index in [0.717, 1.165) is 12.1 Å². The summed E-state index contributed by atoms with van der Waals surface area (Å²) < 4.78 is 27.4. The van der Waals surface area contributed by atoms with E-state index in [0.29, 0.717) is 11.1 Å². The average molecular weight is 326 g/mol. The number of carbonyl (C=O) groups excluding carboxylic acids is 1. The Morgan fingerprint density at radius 3 is 2.25 bits per heavy atom. The molecule has 0 bridgehead atoms. The van der Waals surface area contributed by atoms with Gasteiger partial charge in [-0.15, -0.1) is 0 Å². The number of rotatable bonds is 3. The van der Waals surface area contributed by atoms with E-state index >= 15 is 0 Å². The second-order valence-electron chi connectivity index (χ2n) is 5.01. The summed E-state index contributed by atoms with van der Waals surface area (Å²) in [5.41, 5.74) is -0.446. The van der Waals surface area contributed by atoms with Gasteiger partial charge in [-0.1, -0.05) is 36.4 Å². The molecule has 3 rings (SSSR count). The molecule has 2 aromatic carbocycles. The molecular weight excluding hydrogens is 314 g/mol. The van der Waals surface area contributed by atoms with Crippen molar-refractivity contribution in [3.8, 4) is 11.1 Å². The van der Waals surface area contributed by atoms with Crippen molar-refractivity contribution >= 4 is 11.6 Å². The summed E-state index contributed by atoms with van der Waals surface area (Å²) in [5.74, 6) is -2.73. The van der Waals surface area contributed by atoms with Crippen LogP contribution < -0.4 is 10.9 Å². The lowest BCUT2D eigenvalue weighted by Gasteiger charge is -2.10. The number of hydrogen-bond donors (Lipinski definition) is 2. The zero-order chi connectivity index (χ0) is 17.1. The number of aromatic amines is 1. The molecule has 2 N–H and O–H groups in total. The minimum atomic E-state index is -0.919. The van der Waals surface area contributed by atoms with Crippen molar-refractivity contribution in [3.63, 3.8) is 0 Å². The van der Waals surface area contributed by atoms with Crippen LogP contribution in [0.15, 0.2) is 65.6 Å². The molecule has 120 valence electrons. The van der Waals surface area contributed by atoms with Crippen molar-refractivity contribution in [3.05, 3.63) is 88.3 Å². The third-order valence-corrected chi connectivity index (χ3v) is 3.47. The number of para-hydroxylation sites is 1. The minimum Gasteiger partial charge on any atom is -0.328 e. The fraction of sp³-hybridized carbons (Fsp3) is 0. The number of hydrogen-bond acceptors (Lipinski definition) is 2. The highest BCUT2D eigenvalue weighted by molar-refractivity contribution is 6.08. The monoisotopic (exact) mass is 326 g/mol. The molecule has 4 nitrogen and oxygen atoms in total. The summed E-state index contributed by atoms with van der Waals surface area (Å²) >= 11 is 0. The first kappa shape index (κ1) is 15.6. The highest BCUT2D eigenvalue weighted by Crippen LogP contribution is 2.23. The van der Waals surface area contributed by atoms with Crippen LogP contribution in [-0.4, -0.2) is 10.9 Å². The number of anilines is 1. The number of benzene rings is 2. The predicted octanol–water partition coefficient (Wildman–Crippen LogP) is 3.57. The quantitative estimate of drug-likeness (QED) is 0.773. The van der Waals surface area contributed by atoms with Crippen LogP contribution in [-0.2, 0) is 0 Å². The molecule has 0 unspecified atom stereocenters. The third kappa shape index (κ3) is 2.94. The lowest BCUT2D eigenvalue weighted by Crippen LogP contribution is -2.25. The van der Waals surface area contributed by atoms with Crippen molar-refractivity contribution in [2.75, 3.05) is 5.32 Å². The zero-order valence-electron chi connectivity index (χ0n) is 12.3. The van der Waals surface area contributed by atoms with Gasteiger partial charge < -0.3 is 10.3 Å². The Labute approximate surface area is 135 Å². The van der Waals surface area contributed by atoms with Gasteiger partial charge in [-0.25, -0.2) is 8.78 Å². The maximum absolute atomic E-state index is 13.7. The number of halogens is 2. The number of aromatic nitrogens is 1. The Morgan fingerprint density at radius 2 is 1.58 bits per heavy atom. The van der Waals surface area contributed by atoms with Crippen LogP contribution in [0, 0.1) is 11.6 Å². The molecule has 0 saturated heterocycles. The molecule has 0 saturated carbocycles. The van der Waals surface area contributed by atoms with Gasteiger partial charge in [0.2, 0.25) is 0 Å². The Balaban J connectivity index is 2.07. The Hall–Kier alpha value is -3.28. The lowest BCUT2D eigenvalue weighted by atomic mass is 10.0. The van der Waals surface area contributed by atoms with Gasteiger partial charge >= 0.3 is 0 Å². The maximum Gasteiger partial charge on any atom is 0.262 e. The zero-order valence-corrected chi connectivity index (χ0v) is 12.3. The first-order chi connectivity index (χ1) is 11.6. The van der Waals surface area contributed by atoms with Crippen LogP contribution in [0.1, 0.15) is 10.4 Å². The first-order valence-corrected chi connectivity index (χ1v) is 7.10. The van der Waals surface area contributed by atoms with Gasteiger partial charge in [0.1, 0.15) is 22.9 Å². The molecule has 0 aliphatic heterocycles.